The van der Waals surface area contributed by atoms with E-state index in [9.17, 15) is 0 Å². The van der Waals surface area contributed by atoms with Crippen LogP contribution in [-0.4, -0.2) is 0 Å². The highest BCUT2D eigenvalue weighted by Crippen LogP contribution is 2.45. The first-order chi connectivity index (χ1) is 30.2. The molecule has 0 saturated heterocycles. The zero-order valence-corrected chi connectivity index (χ0v) is 33.1. The maximum Gasteiger partial charge on any atom is 0.143 e. The standard InChI is InChI=1S/C58H37NO2/c1-3-12-38(13-4-1)40-22-24-43(25-23-40)56-48-17-8-7-16-44(48)36-53-51-35-34-47(37-55(51)61-58(53)56)59(45-30-26-41(27-31-45)39-14-5-2-6-15-39)46-32-28-42(29-33-46)49-19-11-20-52-50-18-9-10-21-54(50)60-57(49)52/h1-37H. The normalized spacial score (nSPS) is 11.6. The Bertz CT molecular complexity index is 3550. The van der Waals surface area contributed by atoms with Gasteiger partial charge >= 0.3 is 0 Å². The molecule has 61 heavy (non-hydrogen) atoms. The number of hydrogen-bond donors (Lipinski definition) is 0. The second-order valence-corrected chi connectivity index (χ2v) is 15.7. The van der Waals surface area contributed by atoms with E-state index in [0.29, 0.717) is 0 Å². The fourth-order valence-electron chi connectivity index (χ4n) is 9.09. The van der Waals surface area contributed by atoms with Gasteiger partial charge < -0.3 is 13.7 Å². The Balaban J connectivity index is 0.994. The summed E-state index contributed by atoms with van der Waals surface area (Å²) in [5.74, 6) is 0. The third-order valence-electron chi connectivity index (χ3n) is 12.1. The second-order valence-electron chi connectivity index (χ2n) is 15.7. The lowest BCUT2D eigenvalue weighted by atomic mass is 9.94. The highest BCUT2D eigenvalue weighted by molar-refractivity contribution is 6.19. The van der Waals surface area contributed by atoms with Crippen LogP contribution in [0, 0.1) is 0 Å². The van der Waals surface area contributed by atoms with Gasteiger partial charge in [0, 0.05) is 55.8 Å². The summed E-state index contributed by atoms with van der Waals surface area (Å²) in [4.78, 5) is 2.31. The molecule has 2 aromatic heterocycles. The molecule has 0 atom stereocenters. The molecule has 0 amide bonds. The van der Waals surface area contributed by atoms with Crippen molar-refractivity contribution in [3.63, 3.8) is 0 Å². The van der Waals surface area contributed by atoms with Gasteiger partial charge in [-0.25, -0.2) is 0 Å². The van der Waals surface area contributed by atoms with Gasteiger partial charge in [-0.1, -0.05) is 170 Å². The molecule has 0 aliphatic rings. The number of anilines is 3. The summed E-state index contributed by atoms with van der Waals surface area (Å²) in [7, 11) is 0. The maximum atomic E-state index is 7.01. The van der Waals surface area contributed by atoms with Crippen LogP contribution in [0.4, 0.5) is 17.1 Å². The van der Waals surface area contributed by atoms with Gasteiger partial charge in [-0.15, -0.1) is 0 Å². The Kier molecular flexibility index (Phi) is 8.17. The van der Waals surface area contributed by atoms with Gasteiger partial charge in [0.15, 0.2) is 0 Å². The Labute approximate surface area is 353 Å². The molecule has 12 aromatic rings. The Morgan fingerprint density at radius 3 is 1.49 bits per heavy atom. The van der Waals surface area contributed by atoms with Gasteiger partial charge in [0.2, 0.25) is 0 Å². The van der Waals surface area contributed by atoms with Crippen molar-refractivity contribution >= 4 is 71.7 Å². The molecule has 0 spiro atoms. The fraction of sp³-hybridized carbons (Fsp3) is 0. The molecule has 12 rings (SSSR count). The third kappa shape index (κ3) is 5.98. The molecular weight excluding hydrogens is 743 g/mol. The topological polar surface area (TPSA) is 29.5 Å². The Morgan fingerprint density at radius 2 is 0.787 bits per heavy atom. The molecule has 0 saturated carbocycles. The van der Waals surface area contributed by atoms with E-state index in [4.69, 9.17) is 8.83 Å². The zero-order chi connectivity index (χ0) is 40.3. The number of fused-ring (bicyclic) bond motifs is 7. The minimum atomic E-state index is 0.837. The van der Waals surface area contributed by atoms with Crippen LogP contribution in [0.2, 0.25) is 0 Å². The number of para-hydroxylation sites is 2. The lowest BCUT2D eigenvalue weighted by Crippen LogP contribution is -2.09. The number of nitrogens with zero attached hydrogens (tertiary/aromatic N) is 1. The fourth-order valence-corrected chi connectivity index (χ4v) is 9.09. The first-order valence-electron chi connectivity index (χ1n) is 20.7. The molecule has 3 heteroatoms. The lowest BCUT2D eigenvalue weighted by Gasteiger charge is -2.26. The molecule has 0 N–H and O–H groups in total. The van der Waals surface area contributed by atoms with Crippen molar-refractivity contribution in [3.8, 4) is 44.5 Å². The summed E-state index contributed by atoms with van der Waals surface area (Å²) >= 11 is 0. The molecule has 0 aliphatic carbocycles. The summed E-state index contributed by atoms with van der Waals surface area (Å²) in [6.45, 7) is 0. The number of benzene rings is 10. The van der Waals surface area contributed by atoms with E-state index >= 15 is 0 Å². The predicted molar refractivity (Wildman–Crippen MR) is 255 cm³/mol. The predicted octanol–water partition coefficient (Wildman–Crippen LogP) is 16.8. The van der Waals surface area contributed by atoms with Crippen molar-refractivity contribution in [2.75, 3.05) is 4.90 Å². The largest absolute Gasteiger partial charge is 0.455 e. The Hall–Kier alpha value is -8.14. The van der Waals surface area contributed by atoms with Crippen LogP contribution in [0.3, 0.4) is 0 Å². The van der Waals surface area contributed by atoms with Crippen LogP contribution in [0.5, 0.6) is 0 Å². The molecule has 0 bridgehead atoms. The van der Waals surface area contributed by atoms with E-state index in [1.165, 1.54) is 33.0 Å². The quantitative estimate of drug-likeness (QED) is 0.161. The van der Waals surface area contributed by atoms with Gasteiger partial charge in [0.05, 0.1) is 0 Å². The number of furan rings is 2. The van der Waals surface area contributed by atoms with E-state index in [0.717, 1.165) is 83.2 Å². The number of hydrogen-bond acceptors (Lipinski definition) is 3. The number of rotatable bonds is 7. The summed E-state index contributed by atoms with van der Waals surface area (Å²) in [6, 6.07) is 79.7. The van der Waals surface area contributed by atoms with Crippen molar-refractivity contribution < 1.29 is 8.83 Å². The second kappa shape index (κ2) is 14.3. The average Bonchev–Trinajstić information content (AvgIpc) is 3.90. The SMILES string of the molecule is c1ccc(-c2ccc(-c3c4ccccc4cc4c3oc3cc(N(c5ccc(-c6ccccc6)cc5)c5ccc(-c6cccc7c6oc6ccccc67)cc5)ccc34)cc2)cc1. The van der Waals surface area contributed by atoms with E-state index in [-0.39, 0.29) is 0 Å². The zero-order valence-electron chi connectivity index (χ0n) is 33.1. The van der Waals surface area contributed by atoms with Crippen LogP contribution in [-0.2, 0) is 0 Å². The van der Waals surface area contributed by atoms with Crippen LogP contribution in [0.1, 0.15) is 0 Å². The van der Waals surface area contributed by atoms with Crippen molar-refractivity contribution in [2.45, 2.75) is 0 Å². The van der Waals surface area contributed by atoms with Crippen LogP contribution < -0.4 is 4.90 Å². The molecule has 2 heterocycles. The van der Waals surface area contributed by atoms with E-state index in [2.05, 4.69) is 217 Å². The van der Waals surface area contributed by atoms with Gasteiger partial charge in [-0.3, -0.25) is 0 Å². The molecular formula is C58H37NO2. The summed E-state index contributed by atoms with van der Waals surface area (Å²) < 4.78 is 13.4. The smallest absolute Gasteiger partial charge is 0.143 e. The molecule has 0 fully saturated rings. The van der Waals surface area contributed by atoms with Gasteiger partial charge in [0.25, 0.3) is 0 Å². The monoisotopic (exact) mass is 779 g/mol. The van der Waals surface area contributed by atoms with Crippen molar-refractivity contribution in [2.24, 2.45) is 0 Å². The highest BCUT2D eigenvalue weighted by atomic mass is 16.3. The Morgan fingerprint density at radius 1 is 0.279 bits per heavy atom. The van der Waals surface area contributed by atoms with E-state index in [1.54, 1.807) is 0 Å². The first-order valence-corrected chi connectivity index (χ1v) is 20.7. The average molecular weight is 780 g/mol. The van der Waals surface area contributed by atoms with Gasteiger partial charge in [-0.05, 0) is 92.7 Å². The van der Waals surface area contributed by atoms with Gasteiger partial charge in [0.1, 0.15) is 22.3 Å². The molecule has 0 unspecified atom stereocenters. The van der Waals surface area contributed by atoms with Crippen molar-refractivity contribution in [1.29, 1.82) is 0 Å². The molecule has 0 aliphatic heterocycles. The molecule has 286 valence electrons. The molecule has 0 radical (unpaired) electrons. The van der Waals surface area contributed by atoms with Crippen LogP contribution in [0.25, 0.3) is 99.2 Å². The first kappa shape index (κ1) is 34.9. The highest BCUT2D eigenvalue weighted by Gasteiger charge is 2.20. The minimum Gasteiger partial charge on any atom is -0.455 e. The molecule has 10 aromatic carbocycles. The third-order valence-corrected chi connectivity index (χ3v) is 12.1. The summed E-state index contributed by atoms with van der Waals surface area (Å²) in [6.07, 6.45) is 0. The molecule has 3 nitrogen and oxygen atoms in total. The van der Waals surface area contributed by atoms with Crippen LogP contribution >= 0.6 is 0 Å². The lowest BCUT2D eigenvalue weighted by molar-refractivity contribution is 0.670. The van der Waals surface area contributed by atoms with Crippen molar-refractivity contribution in [3.05, 3.63) is 224 Å². The summed E-state index contributed by atoms with van der Waals surface area (Å²) in [5, 5.41) is 6.79. The maximum absolute atomic E-state index is 7.01. The van der Waals surface area contributed by atoms with E-state index < -0.39 is 0 Å². The van der Waals surface area contributed by atoms with E-state index in [1.807, 2.05) is 12.1 Å². The van der Waals surface area contributed by atoms with Crippen LogP contribution in [0.15, 0.2) is 233 Å². The minimum absolute atomic E-state index is 0.837. The van der Waals surface area contributed by atoms with Crippen molar-refractivity contribution in [1.82, 2.24) is 0 Å². The summed E-state index contributed by atoms with van der Waals surface area (Å²) in [5.41, 5.74) is 15.8. The van der Waals surface area contributed by atoms with Gasteiger partial charge in [-0.2, -0.15) is 0 Å².